The minimum Gasteiger partial charge on any atom is -0.497 e. The third kappa shape index (κ3) is 5.51. The number of likely N-dealkylation sites (N-methyl/N-ethyl adjacent to an activating group) is 2. The largest absolute Gasteiger partial charge is 0.497 e. The lowest BCUT2D eigenvalue weighted by Gasteiger charge is -2.28. The molecule has 0 aliphatic heterocycles. The normalized spacial score (nSPS) is 12.9. The summed E-state index contributed by atoms with van der Waals surface area (Å²) in [6.45, 7) is 13.2. The van der Waals surface area contributed by atoms with Gasteiger partial charge in [-0.1, -0.05) is 39.8 Å². The Balaban J connectivity index is 2.75. The van der Waals surface area contributed by atoms with Gasteiger partial charge in [0.1, 0.15) is 5.75 Å². The zero-order chi connectivity index (χ0) is 15.0. The highest BCUT2D eigenvalue weighted by atomic mass is 16.5. The smallest absolute Gasteiger partial charge is 0.118 e. The highest BCUT2D eigenvalue weighted by Gasteiger charge is 2.15. The maximum atomic E-state index is 5.23. The van der Waals surface area contributed by atoms with Crippen molar-refractivity contribution >= 4 is 0 Å². The molecule has 0 heterocycles. The van der Waals surface area contributed by atoms with E-state index < -0.39 is 0 Å². The van der Waals surface area contributed by atoms with Crippen LogP contribution < -0.4 is 10.1 Å². The van der Waals surface area contributed by atoms with E-state index in [9.17, 15) is 0 Å². The fraction of sp³-hybridized carbons (Fsp3) is 0.647. The highest BCUT2D eigenvalue weighted by molar-refractivity contribution is 5.29. The number of methoxy groups -OCH3 is 1. The average molecular weight is 278 g/mol. The molecule has 0 spiro atoms. The van der Waals surface area contributed by atoms with Crippen LogP contribution >= 0.6 is 0 Å². The predicted octanol–water partition coefficient (Wildman–Crippen LogP) is 3.32. The first kappa shape index (κ1) is 17.0. The van der Waals surface area contributed by atoms with Gasteiger partial charge in [0.05, 0.1) is 7.11 Å². The van der Waals surface area contributed by atoms with E-state index in [1.807, 2.05) is 12.1 Å². The van der Waals surface area contributed by atoms with Crippen molar-refractivity contribution in [2.24, 2.45) is 5.92 Å². The maximum Gasteiger partial charge on any atom is 0.118 e. The van der Waals surface area contributed by atoms with Gasteiger partial charge in [-0.15, -0.1) is 0 Å². The van der Waals surface area contributed by atoms with Gasteiger partial charge in [0, 0.05) is 19.1 Å². The van der Waals surface area contributed by atoms with Crippen LogP contribution in [0.4, 0.5) is 0 Å². The van der Waals surface area contributed by atoms with Crippen LogP contribution in [0, 0.1) is 5.92 Å². The van der Waals surface area contributed by atoms with Crippen molar-refractivity contribution in [3.63, 3.8) is 0 Å². The Kier molecular flexibility index (Phi) is 7.63. The number of nitrogens with one attached hydrogen (secondary N) is 1. The first-order valence-electron chi connectivity index (χ1n) is 7.70. The van der Waals surface area contributed by atoms with Crippen molar-refractivity contribution in [2.75, 3.05) is 33.3 Å². The van der Waals surface area contributed by atoms with Crippen LogP contribution in [-0.2, 0) is 0 Å². The van der Waals surface area contributed by atoms with Crippen molar-refractivity contribution in [1.82, 2.24) is 10.2 Å². The molecule has 0 fully saturated rings. The molecule has 0 bridgehead atoms. The van der Waals surface area contributed by atoms with Crippen molar-refractivity contribution in [3.05, 3.63) is 29.8 Å². The van der Waals surface area contributed by atoms with Crippen LogP contribution in [0.25, 0.3) is 0 Å². The molecule has 1 aromatic rings. The molecule has 0 saturated carbocycles. The molecule has 1 atom stereocenters. The molecule has 0 aliphatic rings. The van der Waals surface area contributed by atoms with Gasteiger partial charge in [0.25, 0.3) is 0 Å². The molecule has 0 aromatic heterocycles. The summed E-state index contributed by atoms with van der Waals surface area (Å²) in [5.41, 5.74) is 1.33. The predicted molar refractivity (Wildman–Crippen MR) is 86.4 cm³/mol. The van der Waals surface area contributed by atoms with E-state index in [0.29, 0.717) is 12.0 Å². The summed E-state index contributed by atoms with van der Waals surface area (Å²) in [7, 11) is 1.71. The fourth-order valence-corrected chi connectivity index (χ4v) is 2.48. The minimum absolute atomic E-state index is 0.379. The fourth-order valence-electron chi connectivity index (χ4n) is 2.48. The van der Waals surface area contributed by atoms with E-state index in [-0.39, 0.29) is 0 Å². The molecule has 0 radical (unpaired) electrons. The van der Waals surface area contributed by atoms with Crippen LogP contribution in [0.2, 0.25) is 0 Å². The first-order valence-corrected chi connectivity index (χ1v) is 7.70. The van der Waals surface area contributed by atoms with E-state index in [0.717, 1.165) is 31.9 Å². The second-order valence-electron chi connectivity index (χ2n) is 5.63. The maximum absolute atomic E-state index is 5.23. The number of hydrogen-bond donors (Lipinski definition) is 1. The van der Waals surface area contributed by atoms with Gasteiger partial charge in [0.15, 0.2) is 0 Å². The lowest BCUT2D eigenvalue weighted by Crippen LogP contribution is -2.37. The zero-order valence-corrected chi connectivity index (χ0v) is 13.6. The quantitative estimate of drug-likeness (QED) is 0.750. The van der Waals surface area contributed by atoms with Crippen molar-refractivity contribution in [2.45, 2.75) is 33.7 Å². The Morgan fingerprint density at radius 1 is 1.10 bits per heavy atom. The van der Waals surface area contributed by atoms with Crippen molar-refractivity contribution < 1.29 is 4.74 Å². The molecular weight excluding hydrogens is 248 g/mol. The first-order chi connectivity index (χ1) is 9.60. The molecule has 20 heavy (non-hydrogen) atoms. The lowest BCUT2D eigenvalue weighted by molar-refractivity contribution is 0.229. The van der Waals surface area contributed by atoms with Crippen LogP contribution in [0.1, 0.15) is 39.3 Å². The Hall–Kier alpha value is -1.06. The van der Waals surface area contributed by atoms with E-state index in [1.54, 1.807) is 7.11 Å². The standard InChI is InChI=1S/C17H30N2O/c1-6-18-17(13-19(7-2)12-14(3)4)15-8-10-16(20-5)11-9-15/h8-11,14,17-18H,6-7,12-13H2,1-5H3. The van der Waals surface area contributed by atoms with Gasteiger partial charge in [-0.2, -0.15) is 0 Å². The molecule has 1 rings (SSSR count). The molecule has 1 aromatic carbocycles. The summed E-state index contributed by atoms with van der Waals surface area (Å²) in [6, 6.07) is 8.78. The van der Waals surface area contributed by atoms with Gasteiger partial charge in [-0.25, -0.2) is 0 Å². The molecule has 3 heteroatoms. The van der Waals surface area contributed by atoms with E-state index in [1.165, 1.54) is 5.56 Å². The second-order valence-corrected chi connectivity index (χ2v) is 5.63. The number of rotatable bonds is 9. The summed E-state index contributed by atoms with van der Waals surface area (Å²) >= 11 is 0. The van der Waals surface area contributed by atoms with Crippen molar-refractivity contribution in [3.8, 4) is 5.75 Å². The number of nitrogens with zero attached hydrogens (tertiary/aromatic N) is 1. The zero-order valence-electron chi connectivity index (χ0n) is 13.6. The molecule has 0 aliphatic carbocycles. The van der Waals surface area contributed by atoms with Crippen LogP contribution in [-0.4, -0.2) is 38.2 Å². The minimum atomic E-state index is 0.379. The van der Waals surface area contributed by atoms with E-state index in [2.05, 4.69) is 50.0 Å². The number of hydrogen-bond acceptors (Lipinski definition) is 3. The lowest BCUT2D eigenvalue weighted by atomic mass is 10.1. The van der Waals surface area contributed by atoms with Gasteiger partial charge in [-0.3, -0.25) is 0 Å². The number of ether oxygens (including phenoxy) is 1. The van der Waals surface area contributed by atoms with Crippen LogP contribution in [0.15, 0.2) is 24.3 Å². The molecule has 114 valence electrons. The van der Waals surface area contributed by atoms with E-state index >= 15 is 0 Å². The Labute approximate surface area is 124 Å². The number of benzene rings is 1. The molecule has 3 nitrogen and oxygen atoms in total. The summed E-state index contributed by atoms with van der Waals surface area (Å²) < 4.78 is 5.23. The van der Waals surface area contributed by atoms with Gasteiger partial charge >= 0.3 is 0 Å². The third-order valence-electron chi connectivity index (χ3n) is 3.48. The molecule has 0 amide bonds. The Morgan fingerprint density at radius 2 is 1.75 bits per heavy atom. The summed E-state index contributed by atoms with van der Waals surface area (Å²) in [4.78, 5) is 2.52. The van der Waals surface area contributed by atoms with Crippen molar-refractivity contribution in [1.29, 1.82) is 0 Å². The Bertz CT molecular complexity index is 362. The average Bonchev–Trinajstić information content (AvgIpc) is 2.45. The van der Waals surface area contributed by atoms with E-state index in [4.69, 9.17) is 4.74 Å². The summed E-state index contributed by atoms with van der Waals surface area (Å²) in [5.74, 6) is 1.62. The summed E-state index contributed by atoms with van der Waals surface area (Å²) in [5, 5.41) is 3.59. The SMILES string of the molecule is CCNC(CN(CC)CC(C)C)c1ccc(OC)cc1. The van der Waals surface area contributed by atoms with Gasteiger partial charge < -0.3 is 15.0 Å². The molecule has 0 saturated heterocycles. The molecular formula is C17H30N2O. The molecule has 1 N–H and O–H groups in total. The Morgan fingerprint density at radius 3 is 2.20 bits per heavy atom. The van der Waals surface area contributed by atoms with Crippen LogP contribution in [0.3, 0.4) is 0 Å². The van der Waals surface area contributed by atoms with Crippen LogP contribution in [0.5, 0.6) is 5.75 Å². The molecule has 1 unspecified atom stereocenters. The topological polar surface area (TPSA) is 24.5 Å². The second kappa shape index (κ2) is 8.98. The monoisotopic (exact) mass is 278 g/mol. The van der Waals surface area contributed by atoms with Gasteiger partial charge in [-0.05, 0) is 36.7 Å². The summed E-state index contributed by atoms with van der Waals surface area (Å²) in [6.07, 6.45) is 0. The van der Waals surface area contributed by atoms with Gasteiger partial charge in [0.2, 0.25) is 0 Å². The third-order valence-corrected chi connectivity index (χ3v) is 3.48. The highest BCUT2D eigenvalue weighted by Crippen LogP contribution is 2.19.